The maximum Gasteiger partial charge on any atom is 0.416 e. The van der Waals surface area contributed by atoms with Gasteiger partial charge in [-0.25, -0.2) is 9.78 Å². The maximum absolute atomic E-state index is 13.2. The Morgan fingerprint density at radius 2 is 2.16 bits per heavy atom. The Bertz CT molecular complexity index is 575. The lowest BCUT2D eigenvalue weighted by Gasteiger charge is -2.47. The average Bonchev–Trinajstić information content (AvgIpc) is 2.83. The van der Waals surface area contributed by atoms with Crippen LogP contribution in [0.2, 0.25) is 0 Å². The van der Waals surface area contributed by atoms with Gasteiger partial charge in [-0.1, -0.05) is 0 Å². The molecule has 0 radical (unpaired) electrons. The van der Waals surface area contributed by atoms with Gasteiger partial charge in [-0.05, 0) is 14.1 Å². The van der Waals surface area contributed by atoms with Gasteiger partial charge in [0.25, 0.3) is 0 Å². The van der Waals surface area contributed by atoms with Gasteiger partial charge in [-0.2, -0.15) is 13.2 Å². The van der Waals surface area contributed by atoms with Crippen LogP contribution >= 0.6 is 12.4 Å². The monoisotopic (exact) mass is 385 g/mol. The van der Waals surface area contributed by atoms with Gasteiger partial charge < -0.3 is 24.8 Å². The maximum atomic E-state index is 13.2. The van der Waals surface area contributed by atoms with E-state index >= 15 is 0 Å². The molecule has 11 heteroatoms. The fraction of sp³-hybridized carbons (Fsp3) is 0.714. The minimum Gasteiger partial charge on any atom is -0.449 e. The van der Waals surface area contributed by atoms with Crippen LogP contribution < -0.4 is 10.6 Å². The average molecular weight is 386 g/mol. The number of rotatable bonds is 6. The molecule has 0 aromatic carbocycles. The summed E-state index contributed by atoms with van der Waals surface area (Å²) in [6.07, 6.45) is -2.61. The SMILES string of the molecule is CN(C)C1(CCOC(=O)NC(c2nccn2C)C(F)(F)F)CNC1.Cl. The Morgan fingerprint density at radius 1 is 1.52 bits per heavy atom. The molecule has 7 nitrogen and oxygen atoms in total. The molecule has 25 heavy (non-hydrogen) atoms. The highest BCUT2D eigenvalue weighted by Crippen LogP contribution is 2.31. The first kappa shape index (κ1) is 21.5. The number of imidazole rings is 1. The summed E-state index contributed by atoms with van der Waals surface area (Å²) in [5.74, 6) is -0.299. The van der Waals surface area contributed by atoms with Crippen molar-refractivity contribution in [1.29, 1.82) is 0 Å². The molecule has 2 rings (SSSR count). The number of carbonyl (C=O) groups excluding carboxylic acids is 1. The van der Waals surface area contributed by atoms with Gasteiger partial charge in [0.15, 0.2) is 6.04 Å². The molecule has 1 atom stereocenters. The van der Waals surface area contributed by atoms with Gasteiger partial charge in [0, 0.05) is 44.5 Å². The van der Waals surface area contributed by atoms with Crippen LogP contribution in [0.25, 0.3) is 0 Å². The van der Waals surface area contributed by atoms with Crippen LogP contribution in [0.15, 0.2) is 12.4 Å². The van der Waals surface area contributed by atoms with Crippen LogP contribution in [0.5, 0.6) is 0 Å². The van der Waals surface area contributed by atoms with E-state index < -0.39 is 18.3 Å². The number of alkyl halides is 3. The summed E-state index contributed by atoms with van der Waals surface area (Å²) >= 11 is 0. The zero-order chi connectivity index (χ0) is 18.0. The Kier molecular flexibility index (Phi) is 7.09. The lowest BCUT2D eigenvalue weighted by molar-refractivity contribution is -0.158. The molecule has 0 spiro atoms. The third kappa shape index (κ3) is 4.99. The van der Waals surface area contributed by atoms with E-state index in [9.17, 15) is 18.0 Å². The molecular formula is C14H23ClF3N5O2. The third-order valence-electron chi connectivity index (χ3n) is 4.36. The zero-order valence-electron chi connectivity index (χ0n) is 14.3. The predicted molar refractivity (Wildman–Crippen MR) is 87.6 cm³/mol. The second kappa shape index (κ2) is 8.24. The van der Waals surface area contributed by atoms with Gasteiger partial charge in [0.2, 0.25) is 0 Å². The number of nitrogens with one attached hydrogen (secondary N) is 2. The number of hydrogen-bond acceptors (Lipinski definition) is 5. The van der Waals surface area contributed by atoms with Crippen molar-refractivity contribution in [2.75, 3.05) is 33.8 Å². The van der Waals surface area contributed by atoms with Crippen LogP contribution in [0, 0.1) is 0 Å². The lowest BCUT2D eigenvalue weighted by atomic mass is 9.88. The van der Waals surface area contributed by atoms with E-state index in [1.165, 1.54) is 24.0 Å². The summed E-state index contributed by atoms with van der Waals surface area (Å²) in [6.45, 7) is 1.55. The molecule has 1 aromatic rings. The highest BCUT2D eigenvalue weighted by molar-refractivity contribution is 5.85. The van der Waals surface area contributed by atoms with Crippen LogP contribution in [0.3, 0.4) is 0 Å². The highest BCUT2D eigenvalue weighted by Gasteiger charge is 2.45. The molecule has 1 unspecified atom stereocenters. The van der Waals surface area contributed by atoms with E-state index in [0.717, 1.165) is 13.1 Å². The molecule has 1 aliphatic rings. The third-order valence-corrected chi connectivity index (χ3v) is 4.36. The van der Waals surface area contributed by atoms with E-state index in [2.05, 4.69) is 10.3 Å². The summed E-state index contributed by atoms with van der Waals surface area (Å²) in [4.78, 5) is 17.5. The van der Waals surface area contributed by atoms with E-state index in [1.807, 2.05) is 24.3 Å². The molecule has 0 bridgehead atoms. The lowest BCUT2D eigenvalue weighted by Crippen LogP contribution is -2.67. The fourth-order valence-electron chi connectivity index (χ4n) is 2.57. The second-order valence-corrected chi connectivity index (χ2v) is 6.12. The van der Waals surface area contributed by atoms with Gasteiger partial charge in [-0.15, -0.1) is 12.4 Å². The standard InChI is InChI=1S/C14H22F3N5O2.ClH/c1-21(2)13(8-18-9-13)4-7-24-12(23)20-10(14(15,16)17)11-19-5-6-22(11)3;/h5-6,10,18H,4,7-9H2,1-3H3,(H,20,23);1H. The van der Waals surface area contributed by atoms with E-state index in [0.29, 0.717) is 6.42 Å². The van der Waals surface area contributed by atoms with Crippen molar-refractivity contribution in [3.8, 4) is 0 Å². The number of aromatic nitrogens is 2. The number of amides is 1. The number of aryl methyl sites for hydroxylation is 1. The van der Waals surface area contributed by atoms with E-state index in [1.54, 1.807) is 0 Å². The van der Waals surface area contributed by atoms with Gasteiger partial charge in [0.1, 0.15) is 5.82 Å². The van der Waals surface area contributed by atoms with Crippen molar-refractivity contribution in [2.45, 2.75) is 24.2 Å². The molecule has 0 aliphatic carbocycles. The predicted octanol–water partition coefficient (Wildman–Crippen LogP) is 1.47. The van der Waals surface area contributed by atoms with Crippen LogP contribution in [-0.4, -0.2) is 66.1 Å². The summed E-state index contributed by atoms with van der Waals surface area (Å²) in [6, 6.07) is -2.21. The van der Waals surface area contributed by atoms with Crippen LogP contribution in [0.4, 0.5) is 18.0 Å². The van der Waals surface area contributed by atoms with Crippen molar-refractivity contribution >= 4 is 18.5 Å². The van der Waals surface area contributed by atoms with Crippen molar-refractivity contribution in [1.82, 2.24) is 25.1 Å². The largest absolute Gasteiger partial charge is 0.449 e. The van der Waals surface area contributed by atoms with E-state index in [-0.39, 0.29) is 30.4 Å². The van der Waals surface area contributed by atoms with Gasteiger partial charge >= 0.3 is 12.3 Å². The molecular weight excluding hydrogens is 363 g/mol. The Morgan fingerprint density at radius 3 is 2.56 bits per heavy atom. The first-order valence-electron chi connectivity index (χ1n) is 7.51. The second-order valence-electron chi connectivity index (χ2n) is 6.12. The minimum atomic E-state index is -4.67. The highest BCUT2D eigenvalue weighted by atomic mass is 35.5. The van der Waals surface area contributed by atoms with Gasteiger partial charge in [0.05, 0.1) is 6.61 Å². The molecule has 144 valence electrons. The Balaban J connectivity index is 0.00000312. The first-order chi connectivity index (χ1) is 11.2. The quantitative estimate of drug-likeness (QED) is 0.776. The van der Waals surface area contributed by atoms with Crippen molar-refractivity contribution in [3.63, 3.8) is 0 Å². The molecule has 1 saturated heterocycles. The Hall–Kier alpha value is -1.52. The minimum absolute atomic E-state index is 0. The molecule has 2 N–H and O–H groups in total. The zero-order valence-corrected chi connectivity index (χ0v) is 15.1. The molecule has 1 amide bonds. The summed E-state index contributed by atoms with van der Waals surface area (Å²) < 4.78 is 45.7. The molecule has 1 aliphatic heterocycles. The molecule has 0 saturated carbocycles. The number of hydrogen-bond donors (Lipinski definition) is 2. The number of carbonyl (C=O) groups is 1. The fourth-order valence-corrected chi connectivity index (χ4v) is 2.57. The van der Waals surface area contributed by atoms with Gasteiger partial charge in [-0.3, -0.25) is 0 Å². The topological polar surface area (TPSA) is 71.4 Å². The summed E-state index contributed by atoms with van der Waals surface area (Å²) in [7, 11) is 5.27. The normalized spacial score (nSPS) is 17.4. The van der Waals surface area contributed by atoms with Crippen molar-refractivity contribution in [3.05, 3.63) is 18.2 Å². The summed E-state index contributed by atoms with van der Waals surface area (Å²) in [5, 5.41) is 4.99. The number of nitrogens with zero attached hydrogens (tertiary/aromatic N) is 3. The first-order valence-corrected chi connectivity index (χ1v) is 7.51. The number of halogens is 4. The number of alkyl carbamates (subject to hydrolysis) is 1. The Labute approximate surface area is 150 Å². The number of ether oxygens (including phenoxy) is 1. The molecule has 1 aromatic heterocycles. The van der Waals surface area contributed by atoms with Crippen LogP contribution in [0.1, 0.15) is 18.3 Å². The number of likely N-dealkylation sites (N-methyl/N-ethyl adjacent to an activating group) is 1. The molecule has 2 heterocycles. The van der Waals surface area contributed by atoms with Crippen molar-refractivity contribution < 1.29 is 22.7 Å². The molecule has 1 fully saturated rings. The van der Waals surface area contributed by atoms with Crippen LogP contribution in [-0.2, 0) is 11.8 Å². The van der Waals surface area contributed by atoms with E-state index in [4.69, 9.17) is 4.74 Å². The summed E-state index contributed by atoms with van der Waals surface area (Å²) in [5.41, 5.74) is -0.122. The van der Waals surface area contributed by atoms with Crippen molar-refractivity contribution in [2.24, 2.45) is 7.05 Å². The smallest absolute Gasteiger partial charge is 0.416 e.